The Labute approximate surface area is 131 Å². The fourth-order valence-electron chi connectivity index (χ4n) is 2.51. The fourth-order valence-corrected chi connectivity index (χ4v) is 2.51. The third-order valence-corrected chi connectivity index (χ3v) is 3.75. The van der Waals surface area contributed by atoms with E-state index in [1.54, 1.807) is 10.8 Å². The number of aryl methyl sites for hydroxylation is 1. The monoisotopic (exact) mass is 298 g/mol. The molecule has 0 saturated heterocycles. The zero-order chi connectivity index (χ0) is 15.9. The molecule has 0 radical (unpaired) electrons. The molecule has 0 fully saturated rings. The van der Waals surface area contributed by atoms with E-state index in [1.807, 2.05) is 25.1 Å². The molecule has 4 nitrogen and oxygen atoms in total. The molecule has 0 amide bonds. The number of rotatable bonds is 7. The number of hydrogen-bond donors (Lipinski definition) is 0. The summed E-state index contributed by atoms with van der Waals surface area (Å²) < 4.78 is 1.61. The van der Waals surface area contributed by atoms with E-state index in [1.165, 1.54) is 0 Å². The van der Waals surface area contributed by atoms with Crippen LogP contribution >= 0.6 is 0 Å². The van der Waals surface area contributed by atoms with Crippen LogP contribution in [0.25, 0.3) is 10.9 Å². The van der Waals surface area contributed by atoms with Gasteiger partial charge in [0.25, 0.3) is 0 Å². The van der Waals surface area contributed by atoms with E-state index in [-0.39, 0.29) is 5.97 Å². The third-order valence-electron chi connectivity index (χ3n) is 3.75. The van der Waals surface area contributed by atoms with Crippen LogP contribution in [0.3, 0.4) is 0 Å². The van der Waals surface area contributed by atoms with Crippen LogP contribution in [0.4, 0.5) is 0 Å². The summed E-state index contributed by atoms with van der Waals surface area (Å²) in [5.74, 6) is -0.201. The summed E-state index contributed by atoms with van der Waals surface area (Å²) in [6.45, 7) is 4.16. The van der Waals surface area contributed by atoms with E-state index in [0.29, 0.717) is 12.0 Å². The van der Waals surface area contributed by atoms with Gasteiger partial charge in [-0.3, -0.25) is 0 Å². The molecule has 1 aromatic heterocycles. The van der Waals surface area contributed by atoms with Crippen molar-refractivity contribution in [3.8, 4) is 6.07 Å². The summed E-state index contributed by atoms with van der Waals surface area (Å²) in [6, 6.07) is 9.50. The minimum absolute atomic E-state index is 0.201. The predicted molar refractivity (Wildman–Crippen MR) is 86.4 cm³/mol. The molecule has 4 heteroatoms. The van der Waals surface area contributed by atoms with E-state index < -0.39 is 0 Å². The number of hydrogen-bond acceptors (Lipinski definition) is 3. The standard InChI is InChI=1S/C18H22N2O2/c1-3-5-6-7-8-18(21)22-20-16(4-2)12-15-11-14(13-19)9-10-17(15)20/h9-12H,3-8H2,1-2H3. The zero-order valence-electron chi connectivity index (χ0n) is 13.3. The van der Waals surface area contributed by atoms with Gasteiger partial charge in [0.2, 0.25) is 0 Å². The Morgan fingerprint density at radius 3 is 2.73 bits per heavy atom. The van der Waals surface area contributed by atoms with E-state index in [9.17, 15) is 4.79 Å². The molecule has 0 aliphatic heterocycles. The van der Waals surface area contributed by atoms with Crippen molar-refractivity contribution in [1.82, 2.24) is 4.73 Å². The highest BCUT2D eigenvalue weighted by Crippen LogP contribution is 2.21. The summed E-state index contributed by atoms with van der Waals surface area (Å²) in [5.41, 5.74) is 2.38. The molecule has 0 spiro atoms. The Morgan fingerprint density at radius 1 is 1.23 bits per heavy atom. The molecule has 0 unspecified atom stereocenters. The number of nitrogens with zero attached hydrogens (tertiary/aromatic N) is 2. The second kappa shape index (κ2) is 7.65. The molecular weight excluding hydrogens is 276 g/mol. The largest absolute Gasteiger partial charge is 0.336 e. The average Bonchev–Trinajstić information content (AvgIpc) is 2.88. The first-order valence-corrected chi connectivity index (χ1v) is 7.95. The topological polar surface area (TPSA) is 55.0 Å². The number of unbranched alkanes of at least 4 members (excludes halogenated alkanes) is 3. The van der Waals surface area contributed by atoms with Gasteiger partial charge in [-0.2, -0.15) is 9.99 Å². The number of carbonyl (C=O) groups excluding carboxylic acids is 1. The normalized spacial score (nSPS) is 10.6. The van der Waals surface area contributed by atoms with Gasteiger partial charge in [0.05, 0.1) is 22.8 Å². The molecule has 0 atom stereocenters. The lowest BCUT2D eigenvalue weighted by Crippen LogP contribution is -2.21. The van der Waals surface area contributed by atoms with E-state index in [0.717, 1.165) is 48.7 Å². The summed E-state index contributed by atoms with van der Waals surface area (Å²) in [5, 5.41) is 9.90. The van der Waals surface area contributed by atoms with Crippen molar-refractivity contribution in [2.45, 2.75) is 52.4 Å². The highest BCUT2D eigenvalue weighted by atomic mass is 16.7. The molecule has 22 heavy (non-hydrogen) atoms. The molecule has 0 bridgehead atoms. The Kier molecular flexibility index (Phi) is 5.60. The van der Waals surface area contributed by atoms with Gasteiger partial charge in [-0.1, -0.05) is 33.1 Å². The molecule has 2 aromatic rings. The minimum Gasteiger partial charge on any atom is -0.336 e. The van der Waals surface area contributed by atoms with Crippen molar-refractivity contribution in [3.63, 3.8) is 0 Å². The predicted octanol–water partition coefficient (Wildman–Crippen LogP) is 4.00. The first-order valence-electron chi connectivity index (χ1n) is 7.95. The van der Waals surface area contributed by atoms with Gasteiger partial charge in [0.15, 0.2) is 0 Å². The van der Waals surface area contributed by atoms with E-state index >= 15 is 0 Å². The van der Waals surface area contributed by atoms with Gasteiger partial charge < -0.3 is 4.84 Å². The average molecular weight is 298 g/mol. The smallest absolute Gasteiger partial charge is 0.332 e. The number of nitriles is 1. The molecule has 1 heterocycles. The lowest BCUT2D eigenvalue weighted by atomic mass is 10.2. The van der Waals surface area contributed by atoms with Crippen LogP contribution in [0.5, 0.6) is 0 Å². The molecule has 1 aromatic carbocycles. The number of fused-ring (bicyclic) bond motifs is 1. The minimum atomic E-state index is -0.201. The highest BCUT2D eigenvalue weighted by Gasteiger charge is 2.13. The van der Waals surface area contributed by atoms with Crippen molar-refractivity contribution in [2.24, 2.45) is 0 Å². The second-order valence-electron chi connectivity index (χ2n) is 5.44. The Balaban J connectivity index is 2.16. The second-order valence-corrected chi connectivity index (χ2v) is 5.44. The molecule has 116 valence electrons. The number of aromatic nitrogens is 1. The summed E-state index contributed by atoms with van der Waals surface area (Å²) in [4.78, 5) is 17.6. The highest BCUT2D eigenvalue weighted by molar-refractivity contribution is 5.83. The van der Waals surface area contributed by atoms with Gasteiger partial charge in [-0.25, -0.2) is 4.79 Å². The van der Waals surface area contributed by atoms with Crippen molar-refractivity contribution < 1.29 is 9.63 Å². The Morgan fingerprint density at radius 2 is 2.05 bits per heavy atom. The maximum atomic E-state index is 12.0. The van der Waals surface area contributed by atoms with Gasteiger partial charge in [0.1, 0.15) is 0 Å². The first kappa shape index (κ1) is 16.1. The summed E-state index contributed by atoms with van der Waals surface area (Å²) in [6.07, 6.45) is 5.43. The van der Waals surface area contributed by atoms with Crippen LogP contribution < -0.4 is 4.84 Å². The van der Waals surface area contributed by atoms with Crippen molar-refractivity contribution in [2.75, 3.05) is 0 Å². The van der Waals surface area contributed by atoms with Gasteiger partial charge in [-0.05, 0) is 37.1 Å². The van der Waals surface area contributed by atoms with Crippen LogP contribution in [-0.4, -0.2) is 10.7 Å². The number of carbonyl (C=O) groups is 1. The fraction of sp³-hybridized carbons (Fsp3) is 0.444. The number of benzene rings is 1. The maximum absolute atomic E-state index is 12.0. The van der Waals surface area contributed by atoms with Crippen molar-refractivity contribution in [3.05, 3.63) is 35.5 Å². The lowest BCUT2D eigenvalue weighted by molar-refractivity contribution is -0.144. The van der Waals surface area contributed by atoms with Crippen molar-refractivity contribution in [1.29, 1.82) is 5.26 Å². The summed E-state index contributed by atoms with van der Waals surface area (Å²) in [7, 11) is 0. The van der Waals surface area contributed by atoms with E-state index in [4.69, 9.17) is 10.1 Å². The van der Waals surface area contributed by atoms with Crippen LogP contribution in [0.15, 0.2) is 24.3 Å². The SMILES string of the molecule is CCCCCCC(=O)On1c(CC)cc2cc(C#N)ccc21. The molecule has 0 N–H and O–H groups in total. The zero-order valence-corrected chi connectivity index (χ0v) is 13.3. The van der Waals surface area contributed by atoms with Crippen LogP contribution in [-0.2, 0) is 11.2 Å². The maximum Gasteiger partial charge on any atom is 0.332 e. The van der Waals surface area contributed by atoms with E-state index in [2.05, 4.69) is 13.0 Å². The van der Waals surface area contributed by atoms with Gasteiger partial charge in [0, 0.05) is 11.8 Å². The first-order chi connectivity index (χ1) is 10.7. The quantitative estimate of drug-likeness (QED) is 0.726. The summed E-state index contributed by atoms with van der Waals surface area (Å²) >= 11 is 0. The molecule has 0 aliphatic carbocycles. The van der Waals surface area contributed by atoms with Crippen LogP contribution in [0.1, 0.15) is 57.2 Å². The van der Waals surface area contributed by atoms with Gasteiger partial charge >= 0.3 is 5.97 Å². The third kappa shape index (κ3) is 3.67. The van der Waals surface area contributed by atoms with Gasteiger partial charge in [-0.15, -0.1) is 0 Å². The molecular formula is C18H22N2O2. The Bertz CT molecular complexity index is 695. The molecule has 2 rings (SSSR count). The van der Waals surface area contributed by atoms with Crippen molar-refractivity contribution >= 4 is 16.9 Å². The van der Waals surface area contributed by atoms with Crippen LogP contribution in [0, 0.1) is 11.3 Å². The molecule has 0 aliphatic rings. The lowest BCUT2D eigenvalue weighted by Gasteiger charge is -2.09. The Hall–Kier alpha value is -2.28. The molecule has 0 saturated carbocycles. The van der Waals surface area contributed by atoms with Crippen LogP contribution in [0.2, 0.25) is 0 Å².